The Kier molecular flexibility index (Phi) is 20.9. The summed E-state index contributed by atoms with van der Waals surface area (Å²) in [5, 5.41) is 205. The summed E-state index contributed by atoms with van der Waals surface area (Å²) in [5.74, 6) is -1.35. The lowest BCUT2D eigenvalue weighted by atomic mass is 9.41. The molecule has 0 amide bonds. The molecule has 10 rings (SSSR count). The van der Waals surface area contributed by atoms with Crippen molar-refractivity contribution in [2.45, 2.75) is 268 Å². The molecule has 32 nitrogen and oxygen atoms in total. The zero-order valence-corrected chi connectivity index (χ0v) is 48.9. The number of aliphatic hydroxyl groups is 19. The number of fused-ring (bicyclic) bond motifs is 3. The van der Waals surface area contributed by atoms with Crippen molar-refractivity contribution in [3.63, 3.8) is 0 Å². The van der Waals surface area contributed by atoms with Crippen molar-refractivity contribution < 1.29 is 159 Å². The maximum Gasteiger partial charge on any atom is 0.314 e. The summed E-state index contributed by atoms with van der Waals surface area (Å²) in [5.41, 5.74) is -3.13. The average Bonchev–Trinajstić information content (AvgIpc) is 1.53. The van der Waals surface area contributed by atoms with Gasteiger partial charge in [0.2, 0.25) is 6.29 Å². The molecule has 32 heteroatoms. The quantitative estimate of drug-likeness (QED) is 0.0365. The number of ether oxygens (including phenoxy) is 12. The van der Waals surface area contributed by atoms with Gasteiger partial charge in [0.15, 0.2) is 37.6 Å². The van der Waals surface area contributed by atoms with Crippen LogP contribution in [0.25, 0.3) is 0 Å². The Balaban J connectivity index is 0.919. The van der Waals surface area contributed by atoms with Gasteiger partial charge in [0.25, 0.3) is 0 Å². The van der Waals surface area contributed by atoms with E-state index in [2.05, 4.69) is 13.5 Å². The van der Waals surface area contributed by atoms with Gasteiger partial charge in [-0.1, -0.05) is 19.9 Å². The van der Waals surface area contributed by atoms with Crippen LogP contribution >= 0.6 is 0 Å². The standard InChI is InChI=1S/C56H90O32/c1-19-12-55-10-6-26-53(3,8-5-9-54(26,4)52(76)87-50-44(85-46-38(72)34(68)28(62)20(2)77-46)42(32(66)24(16-60)81-50)83-47-39(73)35(69)29(63)21(13-57)78-47)27(55)7-11-56(19,18-55)88-51-45(86-49-41(75)37(71)31(65)23(15-59)80-49)43(33(67)25(17-61)82-51)84-48-40(74)36(70)30(64)22(14-58)79-48/h20-51,57-75H,1,5-18H2,2-4H3/t20-,21+,22+,23+,24+,25+,26-,27-,28-,29+,30+,31+,32+,33+,34+,35-,36-,37-,38+,39+,40+,41+,42-,43-,44+,45+,46-,47-,48-,49-,50-,51-,53+,54+,55?,56-/m0/s1. The minimum atomic E-state index is -2.03. The van der Waals surface area contributed by atoms with E-state index in [9.17, 15) is 97.0 Å². The fourth-order valence-corrected chi connectivity index (χ4v) is 16.4. The normalized spacial score (nSPS) is 55.0. The van der Waals surface area contributed by atoms with E-state index in [0.717, 1.165) is 0 Å². The summed E-state index contributed by atoms with van der Waals surface area (Å²) in [7, 11) is 0. The molecule has 2 bridgehead atoms. The summed E-state index contributed by atoms with van der Waals surface area (Å²) in [6.45, 7) is 5.42. The largest absolute Gasteiger partial charge is 0.432 e. The zero-order chi connectivity index (χ0) is 64.0. The van der Waals surface area contributed by atoms with Gasteiger partial charge in [0.05, 0.1) is 50.2 Å². The highest BCUT2D eigenvalue weighted by Crippen LogP contribution is 2.74. The molecule has 88 heavy (non-hydrogen) atoms. The lowest BCUT2D eigenvalue weighted by Crippen LogP contribution is -2.68. The molecule has 10 fully saturated rings. The highest BCUT2D eigenvalue weighted by atomic mass is 16.8. The second kappa shape index (κ2) is 26.7. The van der Waals surface area contributed by atoms with Crippen molar-refractivity contribution in [3.05, 3.63) is 12.2 Å². The number of carbonyl (C=O) groups is 1. The van der Waals surface area contributed by atoms with Gasteiger partial charge in [-0.3, -0.25) is 4.79 Å². The molecule has 10 aliphatic rings. The van der Waals surface area contributed by atoms with Crippen LogP contribution in [0.2, 0.25) is 0 Å². The Morgan fingerprint density at radius 3 is 1.31 bits per heavy atom. The summed E-state index contributed by atoms with van der Waals surface area (Å²) in [4.78, 5) is 15.4. The van der Waals surface area contributed by atoms with E-state index in [4.69, 9.17) is 56.8 Å². The van der Waals surface area contributed by atoms with Gasteiger partial charge in [-0.25, -0.2) is 0 Å². The smallest absolute Gasteiger partial charge is 0.314 e. The van der Waals surface area contributed by atoms with Gasteiger partial charge >= 0.3 is 5.97 Å². The minimum Gasteiger partial charge on any atom is -0.432 e. The maximum absolute atomic E-state index is 15.4. The molecule has 0 aromatic carbocycles. The Bertz CT molecular complexity index is 2380. The van der Waals surface area contributed by atoms with Gasteiger partial charge in [-0.15, -0.1) is 0 Å². The first-order valence-corrected chi connectivity index (χ1v) is 30.3. The topological polar surface area (TPSA) is 512 Å². The molecular weight excluding hydrogens is 1180 g/mol. The van der Waals surface area contributed by atoms with E-state index in [0.29, 0.717) is 56.9 Å². The predicted molar refractivity (Wildman–Crippen MR) is 283 cm³/mol. The van der Waals surface area contributed by atoms with E-state index in [1.54, 1.807) is 6.92 Å². The van der Waals surface area contributed by atoms with Crippen LogP contribution in [0.3, 0.4) is 0 Å². The van der Waals surface area contributed by atoms with Gasteiger partial charge in [0.1, 0.15) is 134 Å². The van der Waals surface area contributed by atoms with E-state index in [1.165, 1.54) is 6.92 Å². The Labute approximate surface area is 505 Å². The molecule has 506 valence electrons. The summed E-state index contributed by atoms with van der Waals surface area (Å²) >= 11 is 0. The van der Waals surface area contributed by atoms with E-state index < -0.39 is 251 Å². The second-order valence-corrected chi connectivity index (χ2v) is 26.4. The first kappa shape index (κ1) is 68.9. The fourth-order valence-electron chi connectivity index (χ4n) is 16.4. The minimum absolute atomic E-state index is 0.133. The third-order valence-electron chi connectivity index (χ3n) is 21.3. The number of hydrogen-bond acceptors (Lipinski definition) is 32. The van der Waals surface area contributed by atoms with E-state index in [1.807, 2.05) is 0 Å². The molecule has 1 spiro atoms. The van der Waals surface area contributed by atoms with E-state index >= 15 is 4.79 Å². The summed E-state index contributed by atoms with van der Waals surface area (Å²) < 4.78 is 73.2. The summed E-state index contributed by atoms with van der Waals surface area (Å²) in [6.07, 6.45) is -50.1. The first-order valence-electron chi connectivity index (χ1n) is 30.3. The van der Waals surface area contributed by atoms with Gasteiger partial charge in [-0.05, 0) is 93.5 Å². The molecule has 1 unspecified atom stereocenters. The highest BCUT2D eigenvalue weighted by Gasteiger charge is 2.70. The van der Waals surface area contributed by atoms with Crippen molar-refractivity contribution in [3.8, 4) is 0 Å². The third kappa shape index (κ3) is 12.0. The Morgan fingerprint density at radius 1 is 0.455 bits per heavy atom. The lowest BCUT2D eigenvalue weighted by Gasteiger charge is -2.64. The lowest BCUT2D eigenvalue weighted by molar-refractivity contribution is -0.400. The van der Waals surface area contributed by atoms with Crippen molar-refractivity contribution in [1.29, 1.82) is 0 Å². The molecule has 6 aliphatic heterocycles. The molecule has 6 heterocycles. The monoisotopic (exact) mass is 1270 g/mol. The van der Waals surface area contributed by atoms with E-state index in [-0.39, 0.29) is 12.3 Å². The van der Waals surface area contributed by atoms with Crippen LogP contribution < -0.4 is 0 Å². The van der Waals surface area contributed by atoms with Gasteiger partial charge < -0.3 is 154 Å². The van der Waals surface area contributed by atoms with Gasteiger partial charge in [-0.2, -0.15) is 0 Å². The van der Waals surface area contributed by atoms with Crippen LogP contribution in [0.15, 0.2) is 12.2 Å². The van der Waals surface area contributed by atoms with Crippen LogP contribution in [-0.2, 0) is 61.6 Å². The number of aliphatic hydroxyl groups excluding tert-OH is 19. The van der Waals surface area contributed by atoms with Crippen LogP contribution in [-0.4, -0.2) is 326 Å². The molecule has 6 saturated heterocycles. The SMILES string of the molecule is C=C1CC23CC[C@H]4[C@@](C)(CCC[C@@]4(C)C(=O)O[C@@H]4O[C@H](CO)[C@@H](O)[C@H](O[C@@H]5O[C@H](CO)[C@@H](O)[C@H](O)[C@H]5O)[C@H]4O[C@@H]4O[C@@H](C)[C@H](O)[C@@H](O)[C@H]4O)[C@@H]2CC[C@]1(O[C@@H]1O[C@H](CO)[C@@H](O)[C@H](O[C@@H]2O[C@H](CO)[C@@H](O)[C@H](O)[C@H]2O)[C@H]1O[C@@H]1O[C@H](CO)[C@@H](O)[C@H](O)[C@H]1O)C3. The van der Waals surface area contributed by atoms with Crippen molar-refractivity contribution in [1.82, 2.24) is 0 Å². The van der Waals surface area contributed by atoms with Crippen molar-refractivity contribution >= 4 is 5.97 Å². The predicted octanol–water partition coefficient (Wildman–Crippen LogP) is -8.44. The molecule has 19 N–H and O–H groups in total. The second-order valence-electron chi connectivity index (χ2n) is 26.4. The molecule has 0 aromatic rings. The molecule has 4 saturated carbocycles. The highest BCUT2D eigenvalue weighted by molar-refractivity contribution is 5.77. The van der Waals surface area contributed by atoms with Crippen molar-refractivity contribution in [2.24, 2.45) is 28.1 Å². The first-order chi connectivity index (χ1) is 41.6. The molecular formula is C56H90O32. The zero-order valence-electron chi connectivity index (χ0n) is 48.9. The van der Waals surface area contributed by atoms with Crippen LogP contribution in [0.4, 0.5) is 0 Å². The molecule has 0 radical (unpaired) electrons. The van der Waals surface area contributed by atoms with Crippen LogP contribution in [0.5, 0.6) is 0 Å². The van der Waals surface area contributed by atoms with Crippen molar-refractivity contribution in [2.75, 3.05) is 33.0 Å². The number of hydrogen-bond donors (Lipinski definition) is 19. The molecule has 36 atom stereocenters. The average molecular weight is 1280 g/mol. The number of carbonyl (C=O) groups excluding carboxylic acids is 1. The number of rotatable bonds is 17. The maximum atomic E-state index is 15.4. The summed E-state index contributed by atoms with van der Waals surface area (Å²) in [6, 6.07) is 0. The Hall–Kier alpha value is -1.99. The fraction of sp³-hybridized carbons (Fsp3) is 0.946. The van der Waals surface area contributed by atoms with Gasteiger partial charge in [0, 0.05) is 0 Å². The Morgan fingerprint density at radius 2 is 0.841 bits per heavy atom. The molecule has 4 aliphatic carbocycles. The molecule has 0 aromatic heterocycles. The third-order valence-corrected chi connectivity index (χ3v) is 21.3. The van der Waals surface area contributed by atoms with Crippen LogP contribution in [0.1, 0.15) is 78.6 Å². The van der Waals surface area contributed by atoms with Crippen LogP contribution in [0, 0.1) is 28.1 Å². The number of esters is 1.